The number of ether oxygens (including phenoxy) is 1. The van der Waals surface area contributed by atoms with Gasteiger partial charge in [0, 0.05) is 10.2 Å². The van der Waals surface area contributed by atoms with Crippen molar-refractivity contribution in [3.63, 3.8) is 0 Å². The van der Waals surface area contributed by atoms with Gasteiger partial charge in [0.2, 0.25) is 0 Å². The fourth-order valence-electron chi connectivity index (χ4n) is 2.53. The van der Waals surface area contributed by atoms with Crippen molar-refractivity contribution in [3.05, 3.63) is 23.1 Å². The first-order valence-electron chi connectivity index (χ1n) is 7.07. The molecule has 2 rings (SSSR count). The summed E-state index contributed by atoms with van der Waals surface area (Å²) in [7, 11) is 1.61. The molecule has 5 heteroatoms. The Hall–Kier alpha value is -1.75. The molecule has 114 valence electrons. The van der Waals surface area contributed by atoms with Crippen molar-refractivity contribution in [2.45, 2.75) is 39.2 Å². The quantitative estimate of drug-likeness (QED) is 0.883. The Morgan fingerprint density at radius 3 is 2.76 bits per heavy atom. The van der Waals surface area contributed by atoms with Gasteiger partial charge in [-0.25, -0.2) is 0 Å². The van der Waals surface area contributed by atoms with Crippen LogP contribution in [0.3, 0.4) is 0 Å². The van der Waals surface area contributed by atoms with Crippen LogP contribution in [0.2, 0.25) is 0 Å². The molecule has 0 spiro atoms. The van der Waals surface area contributed by atoms with Crippen LogP contribution in [0.25, 0.3) is 10.1 Å². The van der Waals surface area contributed by atoms with E-state index in [0.717, 1.165) is 22.9 Å². The highest BCUT2D eigenvalue weighted by Crippen LogP contribution is 2.39. The topological polar surface area (TPSA) is 64.3 Å². The third-order valence-electron chi connectivity index (χ3n) is 3.47. The van der Waals surface area contributed by atoms with Crippen molar-refractivity contribution in [1.82, 2.24) is 5.32 Å². The number of nitrogen functional groups attached to an aromatic ring is 1. The summed E-state index contributed by atoms with van der Waals surface area (Å²) in [5.41, 5.74) is 6.44. The number of carbonyl (C=O) groups is 1. The Labute approximate surface area is 129 Å². The standard InChI is InChI=1S/C16H22N2O2S/c1-5-9-16(2,3)18-15(19)14-13(17)12-10(20-4)7-6-8-11(12)21-14/h6-8H,5,9,17H2,1-4H3,(H,18,19). The van der Waals surface area contributed by atoms with E-state index in [1.54, 1.807) is 7.11 Å². The second-order valence-corrected chi connectivity index (χ2v) is 6.82. The Morgan fingerprint density at radius 1 is 1.43 bits per heavy atom. The van der Waals surface area contributed by atoms with Gasteiger partial charge in [-0.05, 0) is 32.4 Å². The Balaban J connectivity index is 2.39. The van der Waals surface area contributed by atoms with Crippen molar-refractivity contribution in [2.75, 3.05) is 12.8 Å². The average molecular weight is 306 g/mol. The van der Waals surface area contributed by atoms with Crippen molar-refractivity contribution in [1.29, 1.82) is 0 Å². The average Bonchev–Trinajstić information content (AvgIpc) is 2.76. The van der Waals surface area contributed by atoms with Gasteiger partial charge in [0.25, 0.3) is 5.91 Å². The zero-order valence-electron chi connectivity index (χ0n) is 12.9. The molecule has 3 N–H and O–H groups in total. The first kappa shape index (κ1) is 15.6. The zero-order valence-corrected chi connectivity index (χ0v) is 13.8. The highest BCUT2D eigenvalue weighted by atomic mass is 32.1. The van der Waals surface area contributed by atoms with E-state index < -0.39 is 0 Å². The van der Waals surface area contributed by atoms with Crippen LogP contribution in [0.4, 0.5) is 5.69 Å². The highest BCUT2D eigenvalue weighted by Gasteiger charge is 2.24. The molecule has 0 aliphatic carbocycles. The SMILES string of the molecule is CCCC(C)(C)NC(=O)c1sc2cccc(OC)c2c1N. The third kappa shape index (κ3) is 3.13. The minimum atomic E-state index is -0.238. The van der Waals surface area contributed by atoms with Crippen LogP contribution in [-0.4, -0.2) is 18.6 Å². The number of nitrogens with one attached hydrogen (secondary N) is 1. The van der Waals surface area contributed by atoms with E-state index in [1.807, 2.05) is 32.0 Å². The van der Waals surface area contributed by atoms with Crippen LogP contribution >= 0.6 is 11.3 Å². The van der Waals surface area contributed by atoms with E-state index in [-0.39, 0.29) is 11.4 Å². The van der Waals surface area contributed by atoms with Crippen molar-refractivity contribution in [2.24, 2.45) is 0 Å². The van der Waals surface area contributed by atoms with Crippen LogP contribution in [0.15, 0.2) is 18.2 Å². The van der Waals surface area contributed by atoms with E-state index in [9.17, 15) is 4.79 Å². The van der Waals surface area contributed by atoms with Crippen LogP contribution in [0.5, 0.6) is 5.75 Å². The van der Waals surface area contributed by atoms with Gasteiger partial charge in [0.05, 0.1) is 18.2 Å². The minimum Gasteiger partial charge on any atom is -0.496 e. The first-order valence-corrected chi connectivity index (χ1v) is 7.88. The van der Waals surface area contributed by atoms with Gasteiger partial charge in [-0.15, -0.1) is 11.3 Å². The number of hydrogen-bond acceptors (Lipinski definition) is 4. The summed E-state index contributed by atoms with van der Waals surface area (Å²) in [5.74, 6) is 0.585. The lowest BCUT2D eigenvalue weighted by atomic mass is 9.99. The van der Waals surface area contributed by atoms with Gasteiger partial charge >= 0.3 is 0 Å². The van der Waals surface area contributed by atoms with E-state index in [0.29, 0.717) is 16.3 Å². The molecule has 1 heterocycles. The number of rotatable bonds is 5. The van der Waals surface area contributed by atoms with Crippen molar-refractivity contribution >= 4 is 33.0 Å². The van der Waals surface area contributed by atoms with Crippen LogP contribution in [0, 0.1) is 0 Å². The van der Waals surface area contributed by atoms with Crippen LogP contribution in [0.1, 0.15) is 43.3 Å². The maximum absolute atomic E-state index is 12.5. The van der Waals surface area contributed by atoms with E-state index >= 15 is 0 Å². The summed E-state index contributed by atoms with van der Waals surface area (Å²) < 4.78 is 6.30. The van der Waals surface area contributed by atoms with Gasteiger partial charge in [0.1, 0.15) is 10.6 Å². The number of thiophene rings is 1. The maximum atomic E-state index is 12.5. The Bertz CT molecular complexity index is 662. The molecule has 1 amide bonds. The fourth-order valence-corrected chi connectivity index (χ4v) is 3.57. The zero-order chi connectivity index (χ0) is 15.6. The van der Waals surface area contributed by atoms with Crippen molar-refractivity contribution in [3.8, 4) is 5.75 Å². The molecule has 21 heavy (non-hydrogen) atoms. The molecule has 0 atom stereocenters. The predicted molar refractivity (Wildman–Crippen MR) is 89.2 cm³/mol. The minimum absolute atomic E-state index is 0.116. The van der Waals surface area contributed by atoms with E-state index in [4.69, 9.17) is 10.5 Å². The molecule has 0 bridgehead atoms. The molecule has 1 aromatic carbocycles. The molecule has 2 aromatic rings. The summed E-state index contributed by atoms with van der Waals surface area (Å²) in [6.45, 7) is 6.16. The van der Waals surface area contributed by atoms with Gasteiger partial charge in [0.15, 0.2) is 0 Å². The normalized spacial score (nSPS) is 11.6. The lowest BCUT2D eigenvalue weighted by molar-refractivity contribution is 0.0914. The second-order valence-electron chi connectivity index (χ2n) is 5.77. The van der Waals surface area contributed by atoms with Gasteiger partial charge in [-0.2, -0.15) is 0 Å². The van der Waals surface area contributed by atoms with Gasteiger partial charge < -0.3 is 15.8 Å². The lowest BCUT2D eigenvalue weighted by Gasteiger charge is -2.25. The monoisotopic (exact) mass is 306 g/mol. The third-order valence-corrected chi connectivity index (χ3v) is 4.64. The smallest absolute Gasteiger partial charge is 0.263 e. The van der Waals surface area contributed by atoms with Crippen molar-refractivity contribution < 1.29 is 9.53 Å². The molecule has 0 radical (unpaired) electrons. The summed E-state index contributed by atoms with van der Waals surface area (Å²) >= 11 is 1.40. The number of carbonyl (C=O) groups excluding carboxylic acids is 1. The molecule has 0 fully saturated rings. The number of nitrogens with two attached hydrogens (primary N) is 1. The number of hydrogen-bond donors (Lipinski definition) is 2. The van der Waals surface area contributed by atoms with Crippen LogP contribution in [-0.2, 0) is 0 Å². The van der Waals surface area contributed by atoms with Crippen LogP contribution < -0.4 is 15.8 Å². The molecular weight excluding hydrogens is 284 g/mol. The summed E-state index contributed by atoms with van der Waals surface area (Å²) in [6.07, 6.45) is 1.94. The predicted octanol–water partition coefficient (Wildman–Crippen LogP) is 3.80. The second kappa shape index (κ2) is 5.93. The molecule has 0 saturated carbocycles. The molecule has 0 aliphatic rings. The number of fused-ring (bicyclic) bond motifs is 1. The fraction of sp³-hybridized carbons (Fsp3) is 0.438. The number of methoxy groups -OCH3 is 1. The Morgan fingerprint density at radius 2 is 2.14 bits per heavy atom. The molecule has 0 aliphatic heterocycles. The summed E-state index contributed by atoms with van der Waals surface area (Å²) in [6, 6.07) is 5.71. The number of benzene rings is 1. The highest BCUT2D eigenvalue weighted by molar-refractivity contribution is 7.21. The Kier molecular flexibility index (Phi) is 4.42. The number of amides is 1. The molecule has 4 nitrogen and oxygen atoms in total. The van der Waals surface area contributed by atoms with E-state index in [1.165, 1.54) is 11.3 Å². The number of anilines is 1. The molecule has 0 saturated heterocycles. The molecule has 1 aromatic heterocycles. The largest absolute Gasteiger partial charge is 0.496 e. The first-order chi connectivity index (χ1) is 9.89. The summed E-state index contributed by atoms with van der Waals surface area (Å²) in [4.78, 5) is 13.1. The maximum Gasteiger partial charge on any atom is 0.263 e. The van der Waals surface area contributed by atoms with E-state index in [2.05, 4.69) is 12.2 Å². The lowest BCUT2D eigenvalue weighted by Crippen LogP contribution is -2.43. The molecule has 0 unspecified atom stereocenters. The van der Waals surface area contributed by atoms with Gasteiger partial charge in [-0.1, -0.05) is 19.4 Å². The van der Waals surface area contributed by atoms with Gasteiger partial charge in [-0.3, -0.25) is 4.79 Å². The molecular formula is C16H22N2O2S. The summed E-state index contributed by atoms with van der Waals surface area (Å²) in [5, 5.41) is 3.89.